The number of sulfonamides is 1. The highest BCUT2D eigenvalue weighted by molar-refractivity contribution is 7.89. The summed E-state index contributed by atoms with van der Waals surface area (Å²) in [5.74, 6) is 1.50. The number of hydrogen-bond donors (Lipinski definition) is 4. The number of nitrogens with two attached hydrogens (primary N) is 1. The van der Waals surface area contributed by atoms with E-state index >= 15 is 0 Å². The lowest BCUT2D eigenvalue weighted by atomic mass is 9.86. The maximum absolute atomic E-state index is 13.4. The number of aliphatic hydroxyl groups is 1. The van der Waals surface area contributed by atoms with E-state index in [1.54, 1.807) is 42.6 Å². The average Bonchev–Trinajstić information content (AvgIpc) is 3.89. The van der Waals surface area contributed by atoms with Crippen LogP contribution < -0.4 is 16.4 Å². The summed E-state index contributed by atoms with van der Waals surface area (Å²) in [5.41, 5.74) is 10.9. The average molecular weight is 911 g/mol. The first kappa shape index (κ1) is 46.4. The lowest BCUT2D eigenvalue weighted by Crippen LogP contribution is -2.40. The molecule has 18 heteroatoms. The van der Waals surface area contributed by atoms with Crippen molar-refractivity contribution in [3.8, 4) is 22.5 Å². The van der Waals surface area contributed by atoms with Crippen molar-refractivity contribution in [3.63, 3.8) is 0 Å². The molecule has 0 unspecified atom stereocenters. The van der Waals surface area contributed by atoms with Crippen LogP contribution in [0.4, 0.5) is 16.3 Å². The number of nitrogens with one attached hydrogen (secondary N) is 2. The van der Waals surface area contributed by atoms with Crippen molar-refractivity contribution < 1.29 is 22.7 Å². The minimum Gasteiger partial charge on any atom is -0.393 e. The maximum atomic E-state index is 13.4. The second kappa shape index (κ2) is 21.4. The summed E-state index contributed by atoms with van der Waals surface area (Å²) in [4.78, 5) is 18.8. The molecule has 348 valence electrons. The zero-order valence-electron chi connectivity index (χ0n) is 37.6. The van der Waals surface area contributed by atoms with Crippen molar-refractivity contribution in [1.29, 1.82) is 0 Å². The monoisotopic (exact) mass is 910 g/mol. The molecular formula is C47H63FN12O4S. The van der Waals surface area contributed by atoms with E-state index in [4.69, 9.17) is 30.6 Å². The van der Waals surface area contributed by atoms with Crippen LogP contribution in [0.3, 0.4) is 0 Å². The zero-order chi connectivity index (χ0) is 45.3. The minimum atomic E-state index is -3.57. The van der Waals surface area contributed by atoms with Gasteiger partial charge in [-0.3, -0.25) is 0 Å². The lowest BCUT2D eigenvalue weighted by molar-refractivity contribution is 0.0730. The number of anilines is 2. The van der Waals surface area contributed by atoms with Gasteiger partial charge in [0.1, 0.15) is 17.2 Å². The van der Waals surface area contributed by atoms with E-state index in [1.165, 1.54) is 16.4 Å². The second-order valence-corrected chi connectivity index (χ2v) is 19.5. The van der Waals surface area contributed by atoms with Gasteiger partial charge in [-0.05, 0) is 107 Å². The first-order valence-corrected chi connectivity index (χ1v) is 24.9. The van der Waals surface area contributed by atoms with Crippen LogP contribution in [0.1, 0.15) is 96.9 Å². The molecule has 2 aliphatic carbocycles. The van der Waals surface area contributed by atoms with Crippen LogP contribution in [-0.4, -0.2) is 109 Å². The third-order valence-electron chi connectivity index (χ3n) is 12.8. The highest BCUT2D eigenvalue weighted by Gasteiger charge is 2.29. The van der Waals surface area contributed by atoms with E-state index in [0.29, 0.717) is 50.2 Å². The Balaban J connectivity index is 0.000000181. The largest absolute Gasteiger partial charge is 0.393 e. The second-order valence-electron chi connectivity index (χ2n) is 17.5. The van der Waals surface area contributed by atoms with Gasteiger partial charge in [0.15, 0.2) is 11.3 Å². The quantitative estimate of drug-likeness (QED) is 0.0736. The molecule has 2 aromatic carbocycles. The summed E-state index contributed by atoms with van der Waals surface area (Å²) in [7, 11) is -3.57. The van der Waals surface area contributed by atoms with Crippen LogP contribution in [0.2, 0.25) is 0 Å². The van der Waals surface area contributed by atoms with E-state index in [9.17, 15) is 17.9 Å². The normalized spacial score (nSPS) is 20.7. The fourth-order valence-electron chi connectivity index (χ4n) is 8.86. The topological polar surface area (TPSA) is 204 Å². The van der Waals surface area contributed by atoms with Crippen LogP contribution in [0.5, 0.6) is 0 Å². The Hall–Kier alpha value is -5.14. The highest BCUT2D eigenvalue weighted by atomic mass is 32.2. The fraction of sp³-hybridized carbons (Fsp3) is 0.532. The number of fused-ring (bicyclic) bond motifs is 2. The van der Waals surface area contributed by atoms with Gasteiger partial charge in [-0.2, -0.15) is 24.5 Å². The molecule has 0 amide bonds. The van der Waals surface area contributed by atoms with Crippen LogP contribution in [0, 0.1) is 11.7 Å². The number of aromatic nitrogens is 8. The van der Waals surface area contributed by atoms with Gasteiger partial charge in [0, 0.05) is 62.3 Å². The van der Waals surface area contributed by atoms with Gasteiger partial charge in [0.05, 0.1) is 41.0 Å². The van der Waals surface area contributed by atoms with E-state index in [1.807, 2.05) is 15.6 Å². The third kappa shape index (κ3) is 11.1. The molecule has 9 rings (SSSR count). The number of benzene rings is 2. The number of rotatable bonds is 15. The standard InChI is InChI=1S/C25H34N6O4S.C22H29FN6/c1-2-3-12-26-25-27-17-22-23(29-31(24(22)28-25)19-6-8-20(32)9-7-19)18-4-10-21(11-5-18)36(33,34)30-13-15-35-16-14-30;1-2-3-12-25-22-26-13-19-20(16-6-8-17(23)9-7-16)28-29(21(19)27-22)14-15-4-10-18(24)11-5-15/h4-5,10-11,17,19-20,32H,2-3,6-9,12-16H2,1H3,(H,26,27,28);6-9,13,15,18H,2-5,10-12,14,24H2,1H3,(H,25,26,27). The van der Waals surface area contributed by atoms with E-state index in [0.717, 1.165) is 141 Å². The van der Waals surface area contributed by atoms with E-state index < -0.39 is 10.0 Å². The van der Waals surface area contributed by atoms with Gasteiger partial charge >= 0.3 is 0 Å². The van der Waals surface area contributed by atoms with E-state index in [2.05, 4.69) is 34.4 Å². The van der Waals surface area contributed by atoms with Gasteiger partial charge in [0.25, 0.3) is 0 Å². The number of aliphatic hydroxyl groups excluding tert-OH is 1. The van der Waals surface area contributed by atoms with Gasteiger partial charge in [-0.25, -0.2) is 32.1 Å². The maximum Gasteiger partial charge on any atom is 0.243 e. The number of unbranched alkanes of at least 4 members (excludes halogenated alkanes) is 2. The molecule has 1 saturated heterocycles. The fourth-order valence-corrected chi connectivity index (χ4v) is 10.3. The first-order valence-electron chi connectivity index (χ1n) is 23.5. The Morgan fingerprint density at radius 2 is 1.31 bits per heavy atom. The molecular weight excluding hydrogens is 848 g/mol. The molecule has 5 heterocycles. The molecule has 2 saturated carbocycles. The van der Waals surface area contributed by atoms with Crippen LogP contribution in [-0.2, 0) is 21.3 Å². The van der Waals surface area contributed by atoms with Crippen molar-refractivity contribution in [2.75, 3.05) is 50.0 Å². The molecule has 3 aliphatic rings. The lowest BCUT2D eigenvalue weighted by Gasteiger charge is -2.26. The zero-order valence-corrected chi connectivity index (χ0v) is 38.4. The number of ether oxygens (including phenoxy) is 1. The predicted octanol–water partition coefficient (Wildman–Crippen LogP) is 7.56. The summed E-state index contributed by atoms with van der Waals surface area (Å²) in [6, 6.07) is 13.8. The first-order chi connectivity index (χ1) is 31.6. The third-order valence-corrected chi connectivity index (χ3v) is 14.7. The van der Waals surface area contributed by atoms with Crippen molar-refractivity contribution >= 4 is 44.0 Å². The molecule has 5 N–H and O–H groups in total. The Morgan fingerprint density at radius 1 is 0.754 bits per heavy atom. The molecule has 3 fully saturated rings. The molecule has 6 aromatic rings. The van der Waals surface area contributed by atoms with E-state index in [-0.39, 0.29) is 22.9 Å². The Morgan fingerprint density at radius 3 is 1.91 bits per heavy atom. The molecule has 0 atom stereocenters. The molecule has 16 nitrogen and oxygen atoms in total. The molecule has 4 aromatic heterocycles. The predicted molar refractivity (Wildman–Crippen MR) is 251 cm³/mol. The summed E-state index contributed by atoms with van der Waals surface area (Å²) in [5, 5.41) is 28.1. The smallest absolute Gasteiger partial charge is 0.243 e. The molecule has 65 heavy (non-hydrogen) atoms. The van der Waals surface area contributed by atoms with Gasteiger partial charge in [-0.15, -0.1) is 0 Å². The Kier molecular flexibility index (Phi) is 15.3. The summed E-state index contributed by atoms with van der Waals surface area (Å²) >= 11 is 0. The van der Waals surface area contributed by atoms with Crippen molar-refractivity contribution in [2.24, 2.45) is 11.7 Å². The highest BCUT2D eigenvalue weighted by Crippen LogP contribution is 2.36. The number of halogens is 1. The molecule has 0 radical (unpaired) electrons. The van der Waals surface area contributed by atoms with Gasteiger partial charge < -0.3 is 26.2 Å². The number of nitrogens with zero attached hydrogens (tertiary/aromatic N) is 9. The van der Waals surface area contributed by atoms with Gasteiger partial charge in [-0.1, -0.05) is 38.8 Å². The summed E-state index contributed by atoms with van der Waals surface area (Å²) < 4.78 is 50.2. The van der Waals surface area contributed by atoms with Gasteiger partial charge in [0.2, 0.25) is 21.9 Å². The Bertz CT molecular complexity index is 2580. The number of morpholine rings is 1. The minimum absolute atomic E-state index is 0.143. The van der Waals surface area contributed by atoms with Crippen molar-refractivity contribution in [1.82, 2.24) is 43.8 Å². The van der Waals surface area contributed by atoms with Crippen molar-refractivity contribution in [3.05, 3.63) is 66.7 Å². The van der Waals surface area contributed by atoms with Crippen molar-refractivity contribution in [2.45, 2.75) is 121 Å². The SMILES string of the molecule is CCCCNc1ncc2c(-c3ccc(F)cc3)nn(CC3CCC(N)CC3)c2n1.CCCCNc1ncc2c(-c3ccc(S(=O)(=O)N4CCOCC4)cc3)nn(C3CCC(O)CC3)c2n1. The molecule has 0 spiro atoms. The Labute approximate surface area is 380 Å². The van der Waals surface area contributed by atoms with Crippen LogP contribution in [0.15, 0.2) is 65.8 Å². The van der Waals surface area contributed by atoms with Crippen LogP contribution in [0.25, 0.3) is 44.6 Å². The summed E-state index contributed by atoms with van der Waals surface area (Å²) in [6.07, 6.45) is 15.2. The number of hydrogen-bond acceptors (Lipinski definition) is 13. The molecule has 1 aliphatic heterocycles. The summed E-state index contributed by atoms with van der Waals surface area (Å²) in [6.45, 7) is 8.31. The molecule has 0 bridgehead atoms. The van der Waals surface area contributed by atoms with Crippen LogP contribution >= 0.6 is 0 Å².